The number of nitrogens with zero attached hydrogens (tertiary/aromatic N) is 1. The Labute approximate surface area is 119 Å². The zero-order chi connectivity index (χ0) is 14.6. The number of hydrogen-bond donors (Lipinski definition) is 3. The first-order valence-corrected chi connectivity index (χ1v) is 7.49. The van der Waals surface area contributed by atoms with Crippen LogP contribution in [-0.4, -0.2) is 48.2 Å². The number of rotatable bonds is 4. The van der Waals surface area contributed by atoms with Gasteiger partial charge in [-0.1, -0.05) is 12.8 Å². The Morgan fingerprint density at radius 2 is 2.00 bits per heavy atom. The Kier molecular flexibility index (Phi) is 4.86. The minimum Gasteiger partial charge on any atom is -0.396 e. The summed E-state index contributed by atoms with van der Waals surface area (Å²) in [4.78, 5) is 24.9. The molecule has 0 bridgehead atoms. The molecule has 0 aromatic rings. The summed E-state index contributed by atoms with van der Waals surface area (Å²) in [5.41, 5.74) is 5.14. The topological polar surface area (TPSA) is 95.7 Å². The molecular weight excluding hydrogens is 258 g/mol. The highest BCUT2D eigenvalue weighted by Crippen LogP contribution is 2.37. The van der Waals surface area contributed by atoms with Crippen molar-refractivity contribution in [2.75, 3.05) is 26.2 Å². The number of aliphatic hydroxyl groups is 1. The van der Waals surface area contributed by atoms with E-state index >= 15 is 0 Å². The maximum Gasteiger partial charge on any atom is 0.314 e. The van der Waals surface area contributed by atoms with E-state index in [1.807, 2.05) is 0 Å². The molecule has 1 saturated heterocycles. The van der Waals surface area contributed by atoms with Crippen molar-refractivity contribution in [3.63, 3.8) is 0 Å². The predicted molar refractivity (Wildman–Crippen MR) is 74.9 cm³/mol. The van der Waals surface area contributed by atoms with Crippen LogP contribution in [0.15, 0.2) is 0 Å². The average molecular weight is 283 g/mol. The van der Waals surface area contributed by atoms with Crippen molar-refractivity contribution < 1.29 is 14.7 Å². The molecule has 0 radical (unpaired) electrons. The molecule has 3 amide bonds. The minimum absolute atomic E-state index is 0.0179. The van der Waals surface area contributed by atoms with Gasteiger partial charge in [0.25, 0.3) is 0 Å². The Morgan fingerprint density at radius 3 is 2.60 bits per heavy atom. The first-order chi connectivity index (χ1) is 9.56. The van der Waals surface area contributed by atoms with Crippen molar-refractivity contribution in [3.05, 3.63) is 0 Å². The van der Waals surface area contributed by atoms with Gasteiger partial charge in [-0.25, -0.2) is 4.79 Å². The largest absolute Gasteiger partial charge is 0.396 e. The summed E-state index contributed by atoms with van der Waals surface area (Å²) in [6, 6.07) is -0.454. The van der Waals surface area contributed by atoms with Gasteiger partial charge in [0.05, 0.1) is 12.5 Å². The smallest absolute Gasteiger partial charge is 0.314 e. The normalized spacial score (nSPS) is 25.4. The van der Waals surface area contributed by atoms with Crippen LogP contribution in [0.25, 0.3) is 0 Å². The van der Waals surface area contributed by atoms with Gasteiger partial charge in [-0.15, -0.1) is 0 Å². The SMILES string of the molecule is NC(=O)N1CCCC(C(=O)NCC2(CO)CCCC2)C1. The summed E-state index contributed by atoms with van der Waals surface area (Å²) < 4.78 is 0. The van der Waals surface area contributed by atoms with Crippen LogP contribution in [0.3, 0.4) is 0 Å². The highest BCUT2D eigenvalue weighted by atomic mass is 16.3. The lowest BCUT2D eigenvalue weighted by atomic mass is 9.87. The molecule has 2 rings (SSSR count). The molecule has 1 saturated carbocycles. The lowest BCUT2D eigenvalue weighted by Gasteiger charge is -2.32. The number of aliphatic hydroxyl groups excluding tert-OH is 1. The summed E-state index contributed by atoms with van der Waals surface area (Å²) in [7, 11) is 0. The molecule has 1 heterocycles. The van der Waals surface area contributed by atoms with Crippen LogP contribution in [0.1, 0.15) is 38.5 Å². The highest BCUT2D eigenvalue weighted by Gasteiger charge is 2.35. The molecule has 0 aromatic carbocycles. The van der Waals surface area contributed by atoms with E-state index < -0.39 is 6.03 Å². The number of piperidine rings is 1. The standard InChI is InChI=1S/C14H25N3O3/c15-13(20)17-7-3-4-11(8-17)12(19)16-9-14(10-18)5-1-2-6-14/h11,18H,1-10H2,(H2,15,20)(H,16,19). The molecule has 1 aliphatic carbocycles. The van der Waals surface area contributed by atoms with Crippen LogP contribution in [0.4, 0.5) is 4.79 Å². The van der Waals surface area contributed by atoms with Crippen molar-refractivity contribution in [1.29, 1.82) is 0 Å². The number of carbonyl (C=O) groups excluding carboxylic acids is 2. The van der Waals surface area contributed by atoms with Crippen molar-refractivity contribution in [3.8, 4) is 0 Å². The first-order valence-electron chi connectivity index (χ1n) is 7.49. The van der Waals surface area contributed by atoms with Gasteiger partial charge in [0.2, 0.25) is 5.91 Å². The van der Waals surface area contributed by atoms with E-state index in [0.717, 1.165) is 38.5 Å². The van der Waals surface area contributed by atoms with Crippen LogP contribution in [0.5, 0.6) is 0 Å². The molecule has 114 valence electrons. The van der Waals surface area contributed by atoms with Crippen molar-refractivity contribution in [2.24, 2.45) is 17.1 Å². The highest BCUT2D eigenvalue weighted by molar-refractivity contribution is 5.80. The van der Waals surface area contributed by atoms with Gasteiger partial charge in [-0.2, -0.15) is 0 Å². The second-order valence-corrected chi connectivity index (χ2v) is 6.21. The summed E-state index contributed by atoms with van der Waals surface area (Å²) in [6.45, 7) is 1.72. The number of amides is 3. The number of likely N-dealkylation sites (tertiary alicyclic amines) is 1. The molecule has 6 heteroatoms. The van der Waals surface area contributed by atoms with Crippen LogP contribution >= 0.6 is 0 Å². The van der Waals surface area contributed by atoms with E-state index in [0.29, 0.717) is 19.6 Å². The zero-order valence-electron chi connectivity index (χ0n) is 11.9. The maximum atomic E-state index is 12.2. The van der Waals surface area contributed by atoms with Crippen molar-refractivity contribution >= 4 is 11.9 Å². The fourth-order valence-corrected chi connectivity index (χ4v) is 3.33. The third-order valence-electron chi connectivity index (χ3n) is 4.74. The molecule has 0 aromatic heterocycles. The van der Waals surface area contributed by atoms with E-state index in [-0.39, 0.29) is 23.8 Å². The Morgan fingerprint density at radius 1 is 1.30 bits per heavy atom. The number of hydrogen-bond acceptors (Lipinski definition) is 3. The molecule has 1 unspecified atom stereocenters. The summed E-state index contributed by atoms with van der Waals surface area (Å²) in [5.74, 6) is -0.191. The summed E-state index contributed by atoms with van der Waals surface area (Å²) >= 11 is 0. The average Bonchev–Trinajstić information content (AvgIpc) is 2.94. The molecule has 6 nitrogen and oxygen atoms in total. The van der Waals surface area contributed by atoms with Crippen molar-refractivity contribution in [2.45, 2.75) is 38.5 Å². The molecule has 1 aliphatic heterocycles. The first kappa shape index (κ1) is 15.1. The second-order valence-electron chi connectivity index (χ2n) is 6.21. The maximum absolute atomic E-state index is 12.2. The van der Waals surface area contributed by atoms with E-state index in [9.17, 15) is 14.7 Å². The van der Waals surface area contributed by atoms with Crippen LogP contribution in [0.2, 0.25) is 0 Å². The fourth-order valence-electron chi connectivity index (χ4n) is 3.33. The molecule has 4 N–H and O–H groups in total. The molecule has 1 atom stereocenters. The van der Waals surface area contributed by atoms with Gasteiger partial charge >= 0.3 is 6.03 Å². The third kappa shape index (κ3) is 3.42. The quantitative estimate of drug-likeness (QED) is 0.699. The van der Waals surface area contributed by atoms with E-state index in [1.165, 1.54) is 4.90 Å². The van der Waals surface area contributed by atoms with E-state index in [4.69, 9.17) is 5.73 Å². The molecule has 2 aliphatic rings. The van der Waals surface area contributed by atoms with Crippen molar-refractivity contribution in [1.82, 2.24) is 10.2 Å². The number of nitrogens with two attached hydrogens (primary N) is 1. The monoisotopic (exact) mass is 283 g/mol. The molecular formula is C14H25N3O3. The third-order valence-corrected chi connectivity index (χ3v) is 4.74. The summed E-state index contributed by atoms with van der Waals surface area (Å²) in [5, 5.41) is 12.5. The van der Waals surface area contributed by atoms with Gasteiger partial charge in [0.15, 0.2) is 0 Å². The Balaban J connectivity index is 1.83. The van der Waals surface area contributed by atoms with Gasteiger partial charge < -0.3 is 21.1 Å². The molecule has 2 fully saturated rings. The number of carbonyl (C=O) groups is 2. The predicted octanol–water partition coefficient (Wildman–Crippen LogP) is 0.446. The lowest BCUT2D eigenvalue weighted by Crippen LogP contribution is -2.49. The number of nitrogens with one attached hydrogen (secondary N) is 1. The second kappa shape index (κ2) is 6.43. The lowest BCUT2D eigenvalue weighted by molar-refractivity contribution is -0.126. The molecule has 20 heavy (non-hydrogen) atoms. The Hall–Kier alpha value is -1.30. The summed E-state index contributed by atoms with van der Waals surface area (Å²) in [6.07, 6.45) is 5.79. The van der Waals surface area contributed by atoms with Gasteiger partial charge in [0.1, 0.15) is 0 Å². The zero-order valence-corrected chi connectivity index (χ0v) is 11.9. The Bertz CT molecular complexity index is 367. The molecule has 0 spiro atoms. The van der Waals surface area contributed by atoms with Crippen LogP contribution in [0, 0.1) is 11.3 Å². The van der Waals surface area contributed by atoms with E-state index in [1.54, 1.807) is 0 Å². The number of primary amides is 1. The van der Waals surface area contributed by atoms with Gasteiger partial charge in [-0.05, 0) is 25.7 Å². The van der Waals surface area contributed by atoms with Gasteiger partial charge in [-0.3, -0.25) is 4.79 Å². The number of urea groups is 1. The van der Waals surface area contributed by atoms with Crippen LogP contribution < -0.4 is 11.1 Å². The minimum atomic E-state index is -0.454. The van der Waals surface area contributed by atoms with Gasteiger partial charge in [0, 0.05) is 25.0 Å². The van der Waals surface area contributed by atoms with Crippen LogP contribution in [-0.2, 0) is 4.79 Å². The fraction of sp³-hybridized carbons (Fsp3) is 0.857. The van der Waals surface area contributed by atoms with E-state index in [2.05, 4.69) is 5.32 Å².